The first kappa shape index (κ1) is 13.1. The summed E-state index contributed by atoms with van der Waals surface area (Å²) in [6.07, 6.45) is 3.01. The normalized spacial score (nSPS) is 18.0. The summed E-state index contributed by atoms with van der Waals surface area (Å²) >= 11 is 0. The topological polar surface area (TPSA) is 43.1 Å². The molecule has 2 nitrogen and oxygen atoms in total. The molecule has 1 fully saturated rings. The van der Waals surface area contributed by atoms with Gasteiger partial charge in [-0.25, -0.2) is 8.78 Å². The Balaban J connectivity index is 2.49. The molecule has 0 saturated heterocycles. The molecule has 1 aliphatic rings. The van der Waals surface area contributed by atoms with Crippen LogP contribution in [0.15, 0.2) is 12.1 Å². The lowest BCUT2D eigenvalue weighted by Gasteiger charge is -2.26. The minimum atomic E-state index is -0.789. The van der Waals surface area contributed by atoms with Crippen molar-refractivity contribution >= 4 is 5.78 Å². The Labute approximate surface area is 105 Å². The third-order valence-electron chi connectivity index (χ3n) is 3.94. The number of ketones is 1. The van der Waals surface area contributed by atoms with Crippen molar-refractivity contribution in [3.05, 3.63) is 34.9 Å². The maximum Gasteiger partial charge on any atom is 0.176 e. The Morgan fingerprint density at radius 2 is 1.94 bits per heavy atom. The summed E-state index contributed by atoms with van der Waals surface area (Å²) in [5.41, 5.74) is 4.78. The Hall–Kier alpha value is -1.29. The molecule has 0 aliphatic heterocycles. The second-order valence-electron chi connectivity index (χ2n) is 5.07. The maximum atomic E-state index is 14.0. The van der Waals surface area contributed by atoms with Crippen LogP contribution in [-0.4, -0.2) is 12.3 Å². The SMILES string of the molecule is Cc1ccc(F)c(C(=O)C2(CN)CCCC2)c1F. The van der Waals surface area contributed by atoms with Crippen molar-refractivity contribution in [2.24, 2.45) is 11.1 Å². The third-order valence-corrected chi connectivity index (χ3v) is 3.94. The zero-order chi connectivity index (χ0) is 13.3. The van der Waals surface area contributed by atoms with E-state index in [1.807, 2.05) is 0 Å². The average molecular weight is 253 g/mol. The first-order valence-electron chi connectivity index (χ1n) is 6.21. The minimum absolute atomic E-state index is 0.151. The van der Waals surface area contributed by atoms with Gasteiger partial charge in [0.15, 0.2) is 5.78 Å². The predicted octanol–water partition coefficient (Wildman–Crippen LogP) is 2.98. The molecular weight excluding hydrogens is 236 g/mol. The van der Waals surface area contributed by atoms with Crippen LogP contribution in [0, 0.1) is 24.0 Å². The molecule has 1 saturated carbocycles. The van der Waals surface area contributed by atoms with E-state index < -0.39 is 28.4 Å². The van der Waals surface area contributed by atoms with Crippen LogP contribution in [0.1, 0.15) is 41.6 Å². The van der Waals surface area contributed by atoms with Gasteiger partial charge >= 0.3 is 0 Å². The van der Waals surface area contributed by atoms with Gasteiger partial charge in [-0.15, -0.1) is 0 Å². The summed E-state index contributed by atoms with van der Waals surface area (Å²) in [7, 11) is 0. The van der Waals surface area contributed by atoms with Gasteiger partial charge in [-0.3, -0.25) is 4.79 Å². The van der Waals surface area contributed by atoms with Gasteiger partial charge in [0.1, 0.15) is 11.6 Å². The molecule has 2 N–H and O–H groups in total. The van der Waals surface area contributed by atoms with Crippen LogP contribution in [0.4, 0.5) is 8.78 Å². The average Bonchev–Trinajstić information content (AvgIpc) is 2.84. The first-order chi connectivity index (χ1) is 8.52. The summed E-state index contributed by atoms with van der Waals surface area (Å²) in [6.45, 7) is 1.67. The van der Waals surface area contributed by atoms with Crippen molar-refractivity contribution in [2.75, 3.05) is 6.54 Å². The Morgan fingerprint density at radius 1 is 1.33 bits per heavy atom. The van der Waals surface area contributed by atoms with Gasteiger partial charge in [-0.1, -0.05) is 18.9 Å². The molecule has 1 aromatic rings. The molecule has 2 rings (SSSR count). The fourth-order valence-electron chi connectivity index (χ4n) is 2.71. The summed E-state index contributed by atoms with van der Waals surface area (Å²) in [5.74, 6) is -2.01. The number of aryl methyl sites for hydroxylation is 1. The van der Waals surface area contributed by atoms with Crippen LogP contribution in [-0.2, 0) is 0 Å². The molecule has 0 radical (unpaired) electrons. The third kappa shape index (κ3) is 1.94. The number of rotatable bonds is 3. The fourth-order valence-corrected chi connectivity index (χ4v) is 2.71. The molecule has 0 heterocycles. The Bertz CT molecular complexity index is 479. The van der Waals surface area contributed by atoms with E-state index in [1.54, 1.807) is 0 Å². The molecule has 0 atom stereocenters. The maximum absolute atomic E-state index is 14.0. The standard InChI is InChI=1S/C14H17F2NO/c1-9-4-5-10(15)11(12(9)16)13(18)14(8-17)6-2-3-7-14/h4-5H,2-3,6-8,17H2,1H3. The minimum Gasteiger partial charge on any atom is -0.329 e. The number of carbonyl (C=O) groups is 1. The molecular formula is C14H17F2NO. The molecule has 0 unspecified atom stereocenters. The van der Waals surface area contributed by atoms with E-state index in [9.17, 15) is 13.6 Å². The predicted molar refractivity (Wildman–Crippen MR) is 65.4 cm³/mol. The molecule has 1 aliphatic carbocycles. The molecule has 0 aromatic heterocycles. The van der Waals surface area contributed by atoms with Crippen LogP contribution in [0.25, 0.3) is 0 Å². The van der Waals surface area contributed by atoms with Crippen LogP contribution in [0.3, 0.4) is 0 Å². The monoisotopic (exact) mass is 253 g/mol. The van der Waals surface area contributed by atoms with Gasteiger partial charge in [-0.2, -0.15) is 0 Å². The number of carbonyl (C=O) groups excluding carboxylic acids is 1. The number of hydrogen-bond acceptors (Lipinski definition) is 2. The van der Waals surface area contributed by atoms with Gasteiger partial charge in [0.05, 0.1) is 5.56 Å². The van der Waals surface area contributed by atoms with Gasteiger partial charge in [0.25, 0.3) is 0 Å². The smallest absolute Gasteiger partial charge is 0.176 e. The molecule has 4 heteroatoms. The lowest BCUT2D eigenvalue weighted by Crippen LogP contribution is -2.37. The number of Topliss-reactive ketones (excluding diaryl/α,β-unsaturated/α-hetero) is 1. The van der Waals surface area contributed by atoms with Crippen molar-refractivity contribution < 1.29 is 13.6 Å². The quantitative estimate of drug-likeness (QED) is 0.841. The van der Waals surface area contributed by atoms with Crippen molar-refractivity contribution in [3.63, 3.8) is 0 Å². The van der Waals surface area contributed by atoms with Gasteiger partial charge in [0, 0.05) is 12.0 Å². The van der Waals surface area contributed by atoms with E-state index in [0.29, 0.717) is 12.8 Å². The van der Waals surface area contributed by atoms with Crippen molar-refractivity contribution in [1.29, 1.82) is 0 Å². The molecule has 98 valence electrons. The van der Waals surface area contributed by atoms with Crippen molar-refractivity contribution in [3.8, 4) is 0 Å². The van der Waals surface area contributed by atoms with Crippen LogP contribution >= 0.6 is 0 Å². The van der Waals surface area contributed by atoms with Gasteiger partial charge < -0.3 is 5.73 Å². The second-order valence-corrected chi connectivity index (χ2v) is 5.07. The molecule has 0 amide bonds. The first-order valence-corrected chi connectivity index (χ1v) is 6.21. The molecule has 1 aromatic carbocycles. The largest absolute Gasteiger partial charge is 0.329 e. The zero-order valence-corrected chi connectivity index (χ0v) is 10.4. The number of hydrogen-bond donors (Lipinski definition) is 1. The highest BCUT2D eigenvalue weighted by Crippen LogP contribution is 2.41. The van der Waals surface area contributed by atoms with E-state index >= 15 is 0 Å². The highest BCUT2D eigenvalue weighted by Gasteiger charge is 2.42. The van der Waals surface area contributed by atoms with E-state index in [0.717, 1.165) is 18.9 Å². The zero-order valence-electron chi connectivity index (χ0n) is 10.4. The Kier molecular flexibility index (Phi) is 3.48. The van der Waals surface area contributed by atoms with Crippen molar-refractivity contribution in [2.45, 2.75) is 32.6 Å². The van der Waals surface area contributed by atoms with E-state index in [-0.39, 0.29) is 12.1 Å². The van der Waals surface area contributed by atoms with Crippen LogP contribution < -0.4 is 5.73 Å². The second kappa shape index (κ2) is 4.76. The summed E-state index contributed by atoms with van der Waals surface area (Å²) in [4.78, 5) is 12.4. The number of halogens is 2. The van der Waals surface area contributed by atoms with E-state index in [2.05, 4.69) is 0 Å². The van der Waals surface area contributed by atoms with Gasteiger partial charge in [0.2, 0.25) is 0 Å². The highest BCUT2D eigenvalue weighted by atomic mass is 19.1. The van der Waals surface area contributed by atoms with E-state index in [1.165, 1.54) is 13.0 Å². The summed E-state index contributed by atoms with van der Waals surface area (Å²) in [5, 5.41) is 0. The molecule has 0 bridgehead atoms. The fraction of sp³-hybridized carbons (Fsp3) is 0.500. The van der Waals surface area contributed by atoms with Crippen molar-refractivity contribution in [1.82, 2.24) is 0 Å². The Morgan fingerprint density at radius 3 is 2.50 bits per heavy atom. The molecule has 18 heavy (non-hydrogen) atoms. The molecule has 0 spiro atoms. The van der Waals surface area contributed by atoms with Crippen LogP contribution in [0.5, 0.6) is 0 Å². The number of benzene rings is 1. The highest BCUT2D eigenvalue weighted by molar-refractivity contribution is 6.01. The summed E-state index contributed by atoms with van der Waals surface area (Å²) in [6, 6.07) is 2.48. The summed E-state index contributed by atoms with van der Waals surface area (Å²) < 4.78 is 27.7. The number of nitrogens with two attached hydrogens (primary N) is 1. The van der Waals surface area contributed by atoms with Gasteiger partial charge in [-0.05, 0) is 31.4 Å². The lowest BCUT2D eigenvalue weighted by atomic mass is 9.78. The van der Waals surface area contributed by atoms with Crippen LogP contribution in [0.2, 0.25) is 0 Å². The lowest BCUT2D eigenvalue weighted by molar-refractivity contribution is 0.0800. The van der Waals surface area contributed by atoms with E-state index in [4.69, 9.17) is 5.73 Å².